The van der Waals surface area contributed by atoms with Crippen molar-refractivity contribution in [3.8, 4) is 5.75 Å². The number of hydrogen-bond acceptors (Lipinski definition) is 4. The molecule has 1 aromatic heterocycles. The van der Waals surface area contributed by atoms with Crippen LogP contribution in [-0.2, 0) is 16.4 Å². The number of aromatic amines is 1. The van der Waals surface area contributed by atoms with E-state index in [1.165, 1.54) is 0 Å². The minimum absolute atomic E-state index is 0.231. The highest BCUT2D eigenvalue weighted by Crippen LogP contribution is 2.29. The van der Waals surface area contributed by atoms with Gasteiger partial charge in [-0.2, -0.15) is 0 Å². The predicted molar refractivity (Wildman–Crippen MR) is 87.2 cm³/mol. The van der Waals surface area contributed by atoms with Crippen LogP contribution in [0.5, 0.6) is 5.75 Å². The first-order valence-corrected chi connectivity index (χ1v) is 8.82. The van der Waals surface area contributed by atoms with Gasteiger partial charge in [0.2, 0.25) is 0 Å². The maximum Gasteiger partial charge on any atom is 0.261 e. The van der Waals surface area contributed by atoms with Crippen molar-refractivity contribution < 1.29 is 13.2 Å². The number of aromatic nitrogens is 2. The first kappa shape index (κ1) is 14.1. The minimum atomic E-state index is -3.68. The summed E-state index contributed by atoms with van der Waals surface area (Å²) in [5, 5.41) is 0. The number of benzene rings is 2. The van der Waals surface area contributed by atoms with E-state index in [9.17, 15) is 8.42 Å². The number of H-pyrrole nitrogens is 1. The quantitative estimate of drug-likeness (QED) is 0.774. The fourth-order valence-electron chi connectivity index (χ4n) is 2.76. The van der Waals surface area contributed by atoms with Gasteiger partial charge >= 0.3 is 0 Å². The summed E-state index contributed by atoms with van der Waals surface area (Å²) in [7, 11) is -3.68. The molecule has 1 aliphatic rings. The summed E-state index contributed by atoms with van der Waals surface area (Å²) in [4.78, 5) is 7.36. The van der Waals surface area contributed by atoms with Gasteiger partial charge in [-0.15, -0.1) is 0 Å². The summed E-state index contributed by atoms with van der Waals surface area (Å²) in [5.74, 6) is 0.768. The number of para-hydroxylation sites is 1. The number of ether oxygens (including phenoxy) is 1. The van der Waals surface area contributed by atoms with E-state index >= 15 is 0 Å². The zero-order valence-electron chi connectivity index (χ0n) is 12.2. The van der Waals surface area contributed by atoms with Crippen LogP contribution in [0.3, 0.4) is 0 Å². The molecule has 0 amide bonds. The number of rotatable bonds is 3. The lowest BCUT2D eigenvalue weighted by Crippen LogP contribution is -2.15. The topological polar surface area (TPSA) is 84.1 Å². The lowest BCUT2D eigenvalue weighted by molar-refractivity contribution is 0.288. The van der Waals surface area contributed by atoms with Crippen LogP contribution in [0.1, 0.15) is 12.0 Å². The number of sulfonamides is 1. The Morgan fingerprint density at radius 2 is 2.13 bits per heavy atom. The van der Waals surface area contributed by atoms with Crippen LogP contribution in [0.15, 0.2) is 47.6 Å². The molecule has 23 heavy (non-hydrogen) atoms. The summed E-state index contributed by atoms with van der Waals surface area (Å²) >= 11 is 0. The van der Waals surface area contributed by atoms with E-state index in [0.717, 1.165) is 29.7 Å². The van der Waals surface area contributed by atoms with Gasteiger partial charge in [-0.3, -0.25) is 4.72 Å². The van der Waals surface area contributed by atoms with Crippen molar-refractivity contribution in [2.45, 2.75) is 17.7 Å². The fourth-order valence-corrected chi connectivity index (χ4v) is 3.87. The molecule has 3 aromatic rings. The Balaban J connectivity index is 1.72. The monoisotopic (exact) mass is 329 g/mol. The average molecular weight is 329 g/mol. The third-order valence-electron chi connectivity index (χ3n) is 3.88. The van der Waals surface area contributed by atoms with Gasteiger partial charge in [0.1, 0.15) is 11.3 Å². The second kappa shape index (κ2) is 5.27. The molecule has 118 valence electrons. The van der Waals surface area contributed by atoms with E-state index in [1.807, 2.05) is 6.07 Å². The fraction of sp³-hybridized carbons (Fsp3) is 0.188. The Bertz CT molecular complexity index is 979. The average Bonchev–Trinajstić information content (AvgIpc) is 3.04. The van der Waals surface area contributed by atoms with Crippen LogP contribution >= 0.6 is 0 Å². The first-order chi connectivity index (χ1) is 11.1. The lowest BCUT2D eigenvalue weighted by Gasteiger charge is -2.18. The maximum absolute atomic E-state index is 12.7. The highest BCUT2D eigenvalue weighted by molar-refractivity contribution is 7.92. The molecule has 0 radical (unpaired) electrons. The number of aryl methyl sites for hydroxylation is 1. The van der Waals surface area contributed by atoms with Gasteiger partial charge in [-0.25, -0.2) is 13.4 Å². The molecule has 2 heterocycles. The Morgan fingerprint density at radius 3 is 3.04 bits per heavy atom. The molecule has 0 atom stereocenters. The largest absolute Gasteiger partial charge is 0.493 e. The van der Waals surface area contributed by atoms with Crippen molar-refractivity contribution >= 4 is 26.7 Å². The molecule has 4 rings (SSSR count). The van der Waals surface area contributed by atoms with Gasteiger partial charge in [-0.05, 0) is 48.7 Å². The molecule has 7 heteroatoms. The lowest BCUT2D eigenvalue weighted by atomic mass is 10.1. The molecular formula is C16H15N3O3S. The SMILES string of the molecule is O=S(=O)(Nc1cccc2[nH]cnc12)c1ccc2c(c1)CCCO2. The highest BCUT2D eigenvalue weighted by atomic mass is 32.2. The number of hydrogen-bond donors (Lipinski definition) is 2. The number of anilines is 1. The predicted octanol–water partition coefficient (Wildman–Crippen LogP) is 2.69. The zero-order chi connectivity index (χ0) is 15.9. The third kappa shape index (κ3) is 2.53. The van der Waals surface area contributed by atoms with Crippen LogP contribution in [0.25, 0.3) is 11.0 Å². The van der Waals surface area contributed by atoms with Crippen molar-refractivity contribution in [2.75, 3.05) is 11.3 Å². The van der Waals surface area contributed by atoms with Crippen molar-refractivity contribution in [1.29, 1.82) is 0 Å². The van der Waals surface area contributed by atoms with Crippen LogP contribution < -0.4 is 9.46 Å². The van der Waals surface area contributed by atoms with Gasteiger partial charge in [0.25, 0.3) is 10.0 Å². The van der Waals surface area contributed by atoms with Crippen LogP contribution in [0.4, 0.5) is 5.69 Å². The number of imidazole rings is 1. The Kier molecular flexibility index (Phi) is 3.23. The van der Waals surface area contributed by atoms with Crippen LogP contribution in [0, 0.1) is 0 Å². The van der Waals surface area contributed by atoms with Crippen molar-refractivity contribution in [3.63, 3.8) is 0 Å². The summed E-state index contributed by atoms with van der Waals surface area (Å²) < 4.78 is 33.5. The zero-order valence-corrected chi connectivity index (χ0v) is 13.1. The van der Waals surface area contributed by atoms with Crippen molar-refractivity contribution in [1.82, 2.24) is 9.97 Å². The molecule has 0 saturated carbocycles. The van der Waals surface area contributed by atoms with Crippen LogP contribution in [0.2, 0.25) is 0 Å². The van der Waals surface area contributed by atoms with E-state index in [2.05, 4.69) is 14.7 Å². The molecule has 0 aliphatic carbocycles. The van der Waals surface area contributed by atoms with Gasteiger partial charge in [0, 0.05) is 0 Å². The van der Waals surface area contributed by atoms with Crippen LogP contribution in [-0.4, -0.2) is 25.0 Å². The highest BCUT2D eigenvalue weighted by Gasteiger charge is 2.19. The van der Waals surface area contributed by atoms with E-state index in [1.54, 1.807) is 36.7 Å². The van der Waals surface area contributed by atoms with Gasteiger partial charge in [-0.1, -0.05) is 6.07 Å². The smallest absolute Gasteiger partial charge is 0.261 e. The molecule has 2 N–H and O–H groups in total. The standard InChI is InChI=1S/C16H15N3O3S/c20-23(21,12-6-7-15-11(9-12)3-2-8-22-15)19-14-5-1-4-13-16(14)18-10-17-13/h1,4-7,9-10,19H,2-3,8H2,(H,17,18). The molecule has 6 nitrogen and oxygen atoms in total. The first-order valence-electron chi connectivity index (χ1n) is 7.34. The molecule has 2 aromatic carbocycles. The molecule has 1 aliphatic heterocycles. The molecule has 0 bridgehead atoms. The Labute approximate surface area is 133 Å². The number of nitrogens with one attached hydrogen (secondary N) is 2. The van der Waals surface area contributed by atoms with E-state index in [4.69, 9.17) is 4.74 Å². The Morgan fingerprint density at radius 1 is 1.22 bits per heavy atom. The summed E-state index contributed by atoms with van der Waals surface area (Å²) in [6.45, 7) is 0.679. The third-order valence-corrected chi connectivity index (χ3v) is 5.25. The summed E-state index contributed by atoms with van der Waals surface area (Å²) in [6, 6.07) is 10.3. The Hall–Kier alpha value is -2.54. The molecule has 0 saturated heterocycles. The van der Waals surface area contributed by atoms with Crippen molar-refractivity contribution in [2.24, 2.45) is 0 Å². The normalized spacial score (nSPS) is 14.3. The maximum atomic E-state index is 12.7. The summed E-state index contributed by atoms with van der Waals surface area (Å²) in [6.07, 6.45) is 3.27. The second-order valence-electron chi connectivity index (χ2n) is 5.43. The molecular weight excluding hydrogens is 314 g/mol. The summed E-state index contributed by atoms with van der Waals surface area (Å²) in [5.41, 5.74) is 2.76. The molecule has 0 unspecified atom stereocenters. The number of fused-ring (bicyclic) bond motifs is 2. The van der Waals surface area contributed by atoms with Gasteiger partial charge < -0.3 is 9.72 Å². The second-order valence-corrected chi connectivity index (χ2v) is 7.11. The van der Waals surface area contributed by atoms with Gasteiger partial charge in [0.05, 0.1) is 29.0 Å². The number of nitrogens with zero attached hydrogens (tertiary/aromatic N) is 1. The van der Waals surface area contributed by atoms with E-state index in [-0.39, 0.29) is 4.90 Å². The molecule has 0 fully saturated rings. The van der Waals surface area contributed by atoms with E-state index < -0.39 is 10.0 Å². The minimum Gasteiger partial charge on any atom is -0.493 e. The van der Waals surface area contributed by atoms with Crippen molar-refractivity contribution in [3.05, 3.63) is 48.3 Å². The van der Waals surface area contributed by atoms with Gasteiger partial charge in [0.15, 0.2) is 0 Å². The van der Waals surface area contributed by atoms with E-state index in [0.29, 0.717) is 17.8 Å². The molecule has 0 spiro atoms.